The number of phenols is 1. The molecule has 2 atom stereocenters. The van der Waals surface area contributed by atoms with E-state index in [0.29, 0.717) is 5.69 Å². The first-order chi connectivity index (χ1) is 18.4. The Morgan fingerprint density at radius 2 is 1.62 bits per heavy atom. The molecule has 3 aromatic carbocycles. The summed E-state index contributed by atoms with van der Waals surface area (Å²) in [4.78, 5) is 52.9. The molecule has 5 N–H and O–H groups in total. The Bertz CT molecular complexity index is 1370. The minimum absolute atomic E-state index is 0.00817. The van der Waals surface area contributed by atoms with E-state index in [1.54, 1.807) is 52.0 Å². The standard InChI is InChI=1S/C29H34N4O6/c1-5-33(27(37)22(17-24(30)35)32-28(38)39-29(2,3)4)25(21-12-8-9-13-23(21)34)26(36)31-20-15-14-18-10-6-7-11-19(18)16-20/h6-16,22,25,34H,5,17H2,1-4H3,(H2,30,35)(H,31,36)(H,32,38). The number of hydrogen-bond donors (Lipinski definition) is 4. The van der Waals surface area contributed by atoms with Crippen molar-refractivity contribution in [2.75, 3.05) is 11.9 Å². The van der Waals surface area contributed by atoms with Gasteiger partial charge in [-0.25, -0.2) is 4.79 Å². The van der Waals surface area contributed by atoms with E-state index in [9.17, 15) is 24.3 Å². The Morgan fingerprint density at radius 1 is 0.974 bits per heavy atom. The van der Waals surface area contributed by atoms with Crippen LogP contribution in [0.3, 0.4) is 0 Å². The highest BCUT2D eigenvalue weighted by molar-refractivity contribution is 6.01. The summed E-state index contributed by atoms with van der Waals surface area (Å²) < 4.78 is 5.25. The zero-order chi connectivity index (χ0) is 28.7. The van der Waals surface area contributed by atoms with E-state index < -0.39 is 47.9 Å². The number of hydrogen-bond acceptors (Lipinski definition) is 6. The third kappa shape index (κ3) is 7.70. The molecule has 0 aliphatic rings. The number of nitrogens with zero attached hydrogens (tertiary/aromatic N) is 1. The van der Waals surface area contributed by atoms with Gasteiger partial charge in [-0.15, -0.1) is 0 Å². The Morgan fingerprint density at radius 3 is 2.23 bits per heavy atom. The number of phenolic OH excluding ortho intramolecular Hbond substituents is 1. The van der Waals surface area contributed by atoms with Gasteiger partial charge >= 0.3 is 6.09 Å². The van der Waals surface area contributed by atoms with Crippen molar-refractivity contribution >= 4 is 40.3 Å². The summed E-state index contributed by atoms with van der Waals surface area (Å²) in [5.41, 5.74) is 5.18. The van der Waals surface area contributed by atoms with Gasteiger partial charge in [-0.05, 0) is 56.7 Å². The molecular formula is C29H34N4O6. The number of primary amides is 1. The molecule has 0 radical (unpaired) electrons. The second-order valence-electron chi connectivity index (χ2n) is 10.0. The number of anilines is 1. The second kappa shape index (κ2) is 12.3. The first kappa shape index (κ1) is 29.0. The third-order valence-corrected chi connectivity index (χ3v) is 5.83. The summed E-state index contributed by atoms with van der Waals surface area (Å²) in [7, 11) is 0. The van der Waals surface area contributed by atoms with Crippen molar-refractivity contribution in [1.29, 1.82) is 0 Å². The van der Waals surface area contributed by atoms with Crippen molar-refractivity contribution in [3.05, 3.63) is 72.3 Å². The van der Waals surface area contributed by atoms with E-state index in [-0.39, 0.29) is 17.9 Å². The first-order valence-electron chi connectivity index (χ1n) is 12.6. The minimum Gasteiger partial charge on any atom is -0.508 e. The van der Waals surface area contributed by atoms with Gasteiger partial charge in [0.25, 0.3) is 5.91 Å². The Balaban J connectivity index is 1.98. The average molecular weight is 535 g/mol. The third-order valence-electron chi connectivity index (χ3n) is 5.83. The molecule has 4 amide bonds. The Hall–Kier alpha value is -4.60. The Labute approximate surface area is 227 Å². The molecule has 0 aliphatic heterocycles. The van der Waals surface area contributed by atoms with E-state index in [2.05, 4.69) is 10.6 Å². The average Bonchev–Trinajstić information content (AvgIpc) is 2.85. The van der Waals surface area contributed by atoms with Crippen molar-refractivity contribution in [3.8, 4) is 5.75 Å². The van der Waals surface area contributed by atoms with E-state index in [4.69, 9.17) is 10.5 Å². The van der Waals surface area contributed by atoms with Gasteiger partial charge in [0.05, 0.1) is 6.42 Å². The van der Waals surface area contributed by atoms with Crippen LogP contribution in [-0.2, 0) is 19.1 Å². The SMILES string of the molecule is CCN(C(=O)C(CC(N)=O)NC(=O)OC(C)(C)C)C(C(=O)Nc1ccc2ccccc2c1)c1ccccc1O. The first-order valence-corrected chi connectivity index (χ1v) is 12.6. The quantitative estimate of drug-likeness (QED) is 0.327. The smallest absolute Gasteiger partial charge is 0.408 e. The van der Waals surface area contributed by atoms with Crippen LogP contribution < -0.4 is 16.4 Å². The zero-order valence-electron chi connectivity index (χ0n) is 22.4. The number of carbonyl (C=O) groups excluding carboxylic acids is 4. The molecule has 0 heterocycles. The summed E-state index contributed by atoms with van der Waals surface area (Å²) in [6, 6.07) is 16.5. The number of carbonyl (C=O) groups is 4. The van der Waals surface area contributed by atoms with Crippen LogP contribution in [0.5, 0.6) is 5.75 Å². The molecule has 0 aromatic heterocycles. The number of fused-ring (bicyclic) bond motifs is 1. The fraction of sp³-hybridized carbons (Fsp3) is 0.310. The number of nitrogens with two attached hydrogens (primary N) is 1. The van der Waals surface area contributed by atoms with E-state index in [1.165, 1.54) is 17.0 Å². The molecule has 0 fully saturated rings. The van der Waals surface area contributed by atoms with Crippen LogP contribution in [0.1, 0.15) is 45.7 Å². The van der Waals surface area contributed by atoms with Crippen LogP contribution in [0.2, 0.25) is 0 Å². The predicted octanol–water partition coefficient (Wildman–Crippen LogP) is 3.84. The van der Waals surface area contributed by atoms with Gasteiger partial charge in [-0.1, -0.05) is 48.5 Å². The van der Waals surface area contributed by atoms with Crippen molar-refractivity contribution in [1.82, 2.24) is 10.2 Å². The summed E-state index contributed by atoms with van der Waals surface area (Å²) in [6.07, 6.45) is -1.44. The number of alkyl carbamates (subject to hydrolysis) is 1. The van der Waals surface area contributed by atoms with Crippen LogP contribution in [0.25, 0.3) is 10.8 Å². The van der Waals surface area contributed by atoms with Crippen LogP contribution in [-0.4, -0.2) is 52.0 Å². The molecule has 3 rings (SSSR count). The normalized spacial score (nSPS) is 12.7. The second-order valence-corrected chi connectivity index (χ2v) is 10.0. The van der Waals surface area contributed by atoms with Crippen LogP contribution >= 0.6 is 0 Å². The van der Waals surface area contributed by atoms with Crippen LogP contribution in [0, 0.1) is 0 Å². The number of rotatable bonds is 9. The fourth-order valence-corrected chi connectivity index (χ4v) is 4.16. The molecule has 39 heavy (non-hydrogen) atoms. The fourth-order valence-electron chi connectivity index (χ4n) is 4.16. The lowest BCUT2D eigenvalue weighted by Gasteiger charge is -2.33. The predicted molar refractivity (Wildman–Crippen MR) is 148 cm³/mol. The van der Waals surface area contributed by atoms with E-state index in [1.807, 2.05) is 30.3 Å². The minimum atomic E-state index is -1.40. The molecule has 10 nitrogen and oxygen atoms in total. The lowest BCUT2D eigenvalue weighted by Crippen LogP contribution is -2.53. The number of benzene rings is 3. The highest BCUT2D eigenvalue weighted by Crippen LogP contribution is 2.31. The van der Waals surface area contributed by atoms with Crippen molar-refractivity contribution in [2.24, 2.45) is 5.73 Å². The molecule has 0 saturated heterocycles. The molecule has 2 unspecified atom stereocenters. The topological polar surface area (TPSA) is 151 Å². The number of likely N-dealkylation sites (N-methyl/N-ethyl adjacent to an activating group) is 1. The van der Waals surface area contributed by atoms with Gasteiger partial charge in [0.1, 0.15) is 23.4 Å². The van der Waals surface area contributed by atoms with Crippen molar-refractivity contribution in [2.45, 2.75) is 51.8 Å². The van der Waals surface area contributed by atoms with Gasteiger partial charge in [-0.3, -0.25) is 14.4 Å². The largest absolute Gasteiger partial charge is 0.508 e. The highest BCUT2D eigenvalue weighted by atomic mass is 16.6. The van der Waals surface area contributed by atoms with Gasteiger partial charge in [-0.2, -0.15) is 0 Å². The molecule has 0 bridgehead atoms. The molecule has 10 heteroatoms. The number of aromatic hydroxyl groups is 1. The van der Waals surface area contributed by atoms with Crippen LogP contribution in [0.15, 0.2) is 66.7 Å². The summed E-state index contributed by atoms with van der Waals surface area (Å²) >= 11 is 0. The lowest BCUT2D eigenvalue weighted by atomic mass is 10.0. The maximum Gasteiger partial charge on any atom is 0.408 e. The molecule has 0 spiro atoms. The number of amides is 4. The molecule has 0 saturated carbocycles. The molecule has 3 aromatic rings. The van der Waals surface area contributed by atoms with Gasteiger partial charge < -0.3 is 31.1 Å². The Kier molecular flexibility index (Phi) is 9.13. The van der Waals surface area contributed by atoms with Gasteiger partial charge in [0, 0.05) is 17.8 Å². The van der Waals surface area contributed by atoms with Crippen molar-refractivity contribution in [3.63, 3.8) is 0 Å². The summed E-state index contributed by atoms with van der Waals surface area (Å²) in [6.45, 7) is 6.61. The summed E-state index contributed by atoms with van der Waals surface area (Å²) in [5.74, 6) is -2.38. The summed E-state index contributed by atoms with van der Waals surface area (Å²) in [5, 5.41) is 17.8. The number of para-hydroxylation sites is 1. The van der Waals surface area contributed by atoms with E-state index in [0.717, 1.165) is 10.8 Å². The molecule has 206 valence electrons. The maximum absolute atomic E-state index is 13.8. The maximum atomic E-state index is 13.8. The van der Waals surface area contributed by atoms with Crippen molar-refractivity contribution < 1.29 is 29.0 Å². The highest BCUT2D eigenvalue weighted by Gasteiger charge is 2.37. The lowest BCUT2D eigenvalue weighted by molar-refractivity contribution is -0.141. The zero-order valence-corrected chi connectivity index (χ0v) is 22.4. The monoisotopic (exact) mass is 534 g/mol. The van der Waals surface area contributed by atoms with Gasteiger partial charge in [0.2, 0.25) is 11.8 Å². The van der Waals surface area contributed by atoms with Crippen LogP contribution in [0.4, 0.5) is 10.5 Å². The molecule has 0 aliphatic carbocycles. The number of nitrogens with one attached hydrogen (secondary N) is 2. The number of ether oxygens (including phenoxy) is 1. The van der Waals surface area contributed by atoms with Gasteiger partial charge in [0.15, 0.2) is 0 Å². The molecular weight excluding hydrogens is 500 g/mol. The van der Waals surface area contributed by atoms with E-state index >= 15 is 0 Å².